The van der Waals surface area contributed by atoms with Crippen LogP contribution in [0.5, 0.6) is 0 Å². The Bertz CT molecular complexity index is 904. The number of aliphatic carboxylic acids is 1. The molecule has 2 aliphatic rings. The molecule has 0 saturated carbocycles. The number of rotatable bonds is 8. The summed E-state index contributed by atoms with van der Waals surface area (Å²) in [6.07, 6.45) is -0.380. The van der Waals surface area contributed by atoms with Gasteiger partial charge in [-0.25, -0.2) is 13.6 Å². The molecule has 2 N–H and O–H groups in total. The van der Waals surface area contributed by atoms with E-state index in [1.165, 1.54) is 25.3 Å². The van der Waals surface area contributed by atoms with Crippen LogP contribution < -0.4 is 5.32 Å². The minimum absolute atomic E-state index is 0.0237. The summed E-state index contributed by atoms with van der Waals surface area (Å²) in [5.74, 6) is -5.10. The summed E-state index contributed by atoms with van der Waals surface area (Å²) in [7, 11) is 0. The number of piperidine rings is 1. The molecule has 0 unspecified atom stereocenters. The van der Waals surface area contributed by atoms with Gasteiger partial charge in [0.25, 0.3) is 5.91 Å². The Labute approximate surface area is 212 Å². The number of hydrogen-bond acceptors (Lipinski definition) is 5. The maximum Gasteiger partial charge on any atom is 0.490 e. The van der Waals surface area contributed by atoms with E-state index in [9.17, 15) is 31.5 Å². The van der Waals surface area contributed by atoms with Gasteiger partial charge in [0.2, 0.25) is 5.91 Å². The second-order valence-corrected chi connectivity index (χ2v) is 8.86. The van der Waals surface area contributed by atoms with E-state index >= 15 is 0 Å². The van der Waals surface area contributed by atoms with Crippen molar-refractivity contribution in [3.63, 3.8) is 0 Å². The number of nitrogens with one attached hydrogen (secondary N) is 1. The molecule has 8 nitrogen and oxygen atoms in total. The summed E-state index contributed by atoms with van der Waals surface area (Å²) in [6.45, 7) is 6.72. The fourth-order valence-electron chi connectivity index (χ4n) is 4.10. The fraction of sp³-hybridized carbons (Fsp3) is 0.625. The largest absolute Gasteiger partial charge is 0.490 e. The first-order valence-corrected chi connectivity index (χ1v) is 12.2. The Morgan fingerprint density at radius 2 is 1.57 bits per heavy atom. The van der Waals surface area contributed by atoms with Gasteiger partial charge in [-0.15, -0.1) is 0 Å². The number of carbonyl (C=O) groups excluding carboxylic acids is 2. The van der Waals surface area contributed by atoms with Gasteiger partial charge in [-0.1, -0.05) is 6.42 Å². The van der Waals surface area contributed by atoms with Gasteiger partial charge < -0.3 is 25.1 Å². The van der Waals surface area contributed by atoms with Crippen LogP contribution in [0.3, 0.4) is 0 Å². The SMILES string of the molecule is O=C(CCN(CCCN1CCCCC1)C(=O)c1ccc(F)c(F)c1)N1CCNCC1.O=C(O)C(F)(F)F. The van der Waals surface area contributed by atoms with E-state index in [1.54, 1.807) is 4.90 Å². The van der Waals surface area contributed by atoms with Crippen LogP contribution in [0.1, 0.15) is 42.5 Å². The smallest absolute Gasteiger partial charge is 0.475 e. The average molecular weight is 537 g/mol. The van der Waals surface area contributed by atoms with Crippen molar-refractivity contribution in [1.82, 2.24) is 20.0 Å². The van der Waals surface area contributed by atoms with Gasteiger partial charge in [-0.2, -0.15) is 13.2 Å². The van der Waals surface area contributed by atoms with Crippen LogP contribution in [0.4, 0.5) is 22.0 Å². The van der Waals surface area contributed by atoms with Gasteiger partial charge in [0, 0.05) is 51.3 Å². The molecule has 2 fully saturated rings. The maximum atomic E-state index is 13.6. The average Bonchev–Trinajstić information content (AvgIpc) is 2.88. The van der Waals surface area contributed by atoms with Crippen LogP contribution in [0.25, 0.3) is 0 Å². The number of piperazine rings is 1. The van der Waals surface area contributed by atoms with Crippen molar-refractivity contribution < 1.29 is 41.4 Å². The third kappa shape index (κ3) is 10.6. The summed E-state index contributed by atoms with van der Waals surface area (Å²) in [5.41, 5.74) is 0.112. The van der Waals surface area contributed by atoms with E-state index in [-0.39, 0.29) is 30.3 Å². The molecule has 0 atom stereocenters. The van der Waals surface area contributed by atoms with Crippen LogP contribution in [0.15, 0.2) is 18.2 Å². The Kier molecular flexibility index (Phi) is 12.2. The van der Waals surface area contributed by atoms with Gasteiger partial charge in [0.05, 0.1) is 0 Å². The Morgan fingerprint density at radius 3 is 2.14 bits per heavy atom. The number of halogens is 5. The molecule has 0 aromatic heterocycles. The van der Waals surface area contributed by atoms with E-state index < -0.39 is 23.8 Å². The molecule has 0 spiro atoms. The quantitative estimate of drug-likeness (QED) is 0.497. The number of carboxylic acid groups (broad SMARTS) is 1. The summed E-state index contributed by atoms with van der Waals surface area (Å²) < 4.78 is 58.6. The first-order valence-electron chi connectivity index (χ1n) is 12.2. The normalized spacial score (nSPS) is 16.5. The molecule has 0 radical (unpaired) electrons. The first-order chi connectivity index (χ1) is 17.5. The van der Waals surface area contributed by atoms with E-state index in [4.69, 9.17) is 9.90 Å². The van der Waals surface area contributed by atoms with Gasteiger partial charge in [-0.3, -0.25) is 9.59 Å². The molecule has 1 aromatic rings. The van der Waals surface area contributed by atoms with Gasteiger partial charge in [0.1, 0.15) is 0 Å². The molecule has 3 rings (SSSR count). The Balaban J connectivity index is 0.000000604. The number of carboxylic acids is 1. The minimum atomic E-state index is -5.08. The maximum absolute atomic E-state index is 13.6. The highest BCUT2D eigenvalue weighted by atomic mass is 19.4. The predicted octanol–water partition coefficient (Wildman–Crippen LogP) is 2.74. The lowest BCUT2D eigenvalue weighted by Crippen LogP contribution is -2.47. The van der Waals surface area contributed by atoms with Crippen molar-refractivity contribution in [3.05, 3.63) is 35.4 Å². The highest BCUT2D eigenvalue weighted by molar-refractivity contribution is 5.94. The van der Waals surface area contributed by atoms with E-state index in [0.29, 0.717) is 19.6 Å². The number of carbonyl (C=O) groups is 3. The van der Waals surface area contributed by atoms with Gasteiger partial charge in [0.15, 0.2) is 11.6 Å². The number of likely N-dealkylation sites (tertiary alicyclic amines) is 1. The van der Waals surface area contributed by atoms with Crippen molar-refractivity contribution in [2.75, 3.05) is 58.9 Å². The zero-order valence-electron chi connectivity index (χ0n) is 20.5. The summed E-state index contributed by atoms with van der Waals surface area (Å²) in [6, 6.07) is 3.21. The molecule has 208 valence electrons. The van der Waals surface area contributed by atoms with Crippen molar-refractivity contribution >= 4 is 17.8 Å². The number of hydrogen-bond donors (Lipinski definition) is 2. The summed E-state index contributed by atoms with van der Waals surface area (Å²) in [4.78, 5) is 40.2. The van der Waals surface area contributed by atoms with Crippen molar-refractivity contribution in [3.8, 4) is 0 Å². The third-order valence-electron chi connectivity index (χ3n) is 6.11. The van der Waals surface area contributed by atoms with Crippen LogP contribution in [0, 0.1) is 11.6 Å². The molecule has 37 heavy (non-hydrogen) atoms. The van der Waals surface area contributed by atoms with Crippen molar-refractivity contribution in [2.45, 2.75) is 38.3 Å². The summed E-state index contributed by atoms with van der Waals surface area (Å²) in [5, 5.41) is 10.3. The van der Waals surface area contributed by atoms with Crippen LogP contribution in [0.2, 0.25) is 0 Å². The monoisotopic (exact) mass is 536 g/mol. The second-order valence-electron chi connectivity index (χ2n) is 8.86. The molecule has 2 heterocycles. The van der Waals surface area contributed by atoms with Gasteiger partial charge >= 0.3 is 12.1 Å². The highest BCUT2D eigenvalue weighted by Crippen LogP contribution is 2.14. The number of nitrogens with zero attached hydrogens (tertiary/aromatic N) is 3. The van der Waals surface area contributed by atoms with Crippen LogP contribution >= 0.6 is 0 Å². The molecular formula is C24H33F5N4O4. The van der Waals surface area contributed by atoms with E-state index in [0.717, 1.165) is 51.3 Å². The predicted molar refractivity (Wildman–Crippen MR) is 125 cm³/mol. The topological polar surface area (TPSA) is 93.2 Å². The lowest BCUT2D eigenvalue weighted by Gasteiger charge is -2.30. The molecule has 0 bridgehead atoms. The van der Waals surface area contributed by atoms with Crippen molar-refractivity contribution in [2.24, 2.45) is 0 Å². The summed E-state index contributed by atoms with van der Waals surface area (Å²) >= 11 is 0. The molecule has 0 aliphatic carbocycles. The van der Waals surface area contributed by atoms with Gasteiger partial charge in [-0.05, 0) is 57.1 Å². The lowest BCUT2D eigenvalue weighted by atomic mass is 10.1. The Hall–Kier alpha value is -2.80. The van der Waals surface area contributed by atoms with E-state index in [2.05, 4.69) is 10.2 Å². The highest BCUT2D eigenvalue weighted by Gasteiger charge is 2.38. The lowest BCUT2D eigenvalue weighted by molar-refractivity contribution is -0.192. The Morgan fingerprint density at radius 1 is 0.946 bits per heavy atom. The third-order valence-corrected chi connectivity index (χ3v) is 6.11. The molecule has 1 aromatic carbocycles. The van der Waals surface area contributed by atoms with Crippen molar-refractivity contribution in [1.29, 1.82) is 0 Å². The van der Waals surface area contributed by atoms with Crippen LogP contribution in [-0.4, -0.2) is 103 Å². The molecule has 13 heteroatoms. The number of amides is 2. The fourth-order valence-corrected chi connectivity index (χ4v) is 4.10. The molecular weight excluding hydrogens is 503 g/mol. The minimum Gasteiger partial charge on any atom is -0.475 e. The number of benzene rings is 1. The zero-order chi connectivity index (χ0) is 27.4. The zero-order valence-corrected chi connectivity index (χ0v) is 20.5. The molecule has 2 aliphatic heterocycles. The molecule has 2 amide bonds. The van der Waals surface area contributed by atoms with E-state index in [1.807, 2.05) is 4.90 Å². The number of alkyl halides is 3. The second kappa shape index (κ2) is 14.8. The first kappa shape index (κ1) is 30.4. The standard InChI is InChI=1S/C22H32F2N4O2.C2HF3O2/c23-19-6-5-18(17-20(19)24)22(30)28(13-4-12-26-10-2-1-3-11-26)14-7-21(29)27-15-8-25-9-16-27;3-2(4,5)1(6)7/h5-6,17,25H,1-4,7-16H2;(H,6,7). The molecule has 2 saturated heterocycles. The van der Waals surface area contributed by atoms with Crippen LogP contribution in [-0.2, 0) is 9.59 Å².